The third-order valence-corrected chi connectivity index (χ3v) is 2.90. The Bertz CT molecular complexity index is 588. The summed E-state index contributed by atoms with van der Waals surface area (Å²) in [6.07, 6.45) is 0. The molecule has 2 rings (SSSR count). The second kappa shape index (κ2) is 5.85. The van der Waals surface area contributed by atoms with E-state index in [2.05, 4.69) is 0 Å². The van der Waals surface area contributed by atoms with Crippen LogP contribution in [0.3, 0.4) is 0 Å². The lowest BCUT2D eigenvalue weighted by molar-refractivity contribution is 0.0459. The van der Waals surface area contributed by atoms with Gasteiger partial charge >= 0.3 is 5.97 Å². The first-order valence-corrected chi connectivity index (χ1v) is 6.41. The summed E-state index contributed by atoms with van der Waals surface area (Å²) in [5, 5.41) is 11.3. The average Bonchev–Trinajstić information content (AvgIpc) is 2.43. The van der Waals surface area contributed by atoms with Crippen LogP contribution in [-0.4, -0.2) is 17.7 Å². The van der Waals surface area contributed by atoms with E-state index in [9.17, 15) is 9.90 Å². The van der Waals surface area contributed by atoms with Crippen molar-refractivity contribution in [2.75, 3.05) is 6.61 Å². The molecular weight excluding hydrogens is 240 g/mol. The van der Waals surface area contributed by atoms with Crippen LogP contribution >= 0.6 is 0 Å². The molecule has 0 amide bonds. The molecule has 0 aliphatic rings. The summed E-state index contributed by atoms with van der Waals surface area (Å²) in [6.45, 7) is 4.30. The van der Waals surface area contributed by atoms with Gasteiger partial charge in [-0.2, -0.15) is 0 Å². The Morgan fingerprint density at radius 2 is 2.00 bits per heavy atom. The highest BCUT2D eigenvalue weighted by Gasteiger charge is 2.11. The Kier molecular flexibility index (Phi) is 4.17. The molecular formula is C16H18O3. The Morgan fingerprint density at radius 3 is 2.68 bits per heavy atom. The van der Waals surface area contributed by atoms with Crippen LogP contribution in [0.1, 0.15) is 29.8 Å². The minimum atomic E-state index is -0.339. The first-order chi connectivity index (χ1) is 9.11. The van der Waals surface area contributed by atoms with Crippen molar-refractivity contribution in [2.24, 2.45) is 5.92 Å². The molecule has 0 radical (unpaired) electrons. The third-order valence-electron chi connectivity index (χ3n) is 2.90. The lowest BCUT2D eigenvalue weighted by atomic mass is 10.0. The molecule has 100 valence electrons. The lowest BCUT2D eigenvalue weighted by Gasteiger charge is -2.10. The van der Waals surface area contributed by atoms with Crippen molar-refractivity contribution in [2.45, 2.75) is 20.5 Å². The molecule has 2 aromatic carbocycles. The number of hydrogen-bond acceptors (Lipinski definition) is 3. The van der Waals surface area contributed by atoms with Gasteiger partial charge < -0.3 is 9.84 Å². The summed E-state index contributed by atoms with van der Waals surface area (Å²) in [6, 6.07) is 11.2. The van der Waals surface area contributed by atoms with E-state index in [1.54, 1.807) is 12.1 Å². The Hall–Kier alpha value is -1.87. The van der Waals surface area contributed by atoms with Gasteiger partial charge in [-0.05, 0) is 34.4 Å². The summed E-state index contributed by atoms with van der Waals surface area (Å²) in [7, 11) is 0. The second-order valence-corrected chi connectivity index (χ2v) is 5.01. The average molecular weight is 258 g/mol. The minimum Gasteiger partial charge on any atom is -0.462 e. The molecule has 0 unspecified atom stereocenters. The number of rotatable bonds is 4. The van der Waals surface area contributed by atoms with Crippen LogP contribution in [0.25, 0.3) is 10.8 Å². The van der Waals surface area contributed by atoms with Crippen molar-refractivity contribution in [3.8, 4) is 0 Å². The maximum atomic E-state index is 12.0. The first kappa shape index (κ1) is 13.6. The van der Waals surface area contributed by atoms with Crippen LogP contribution in [0.5, 0.6) is 0 Å². The number of aliphatic hydroxyl groups is 1. The molecule has 0 heterocycles. The molecule has 0 aromatic heterocycles. The molecule has 0 spiro atoms. The summed E-state index contributed by atoms with van der Waals surface area (Å²) in [5.41, 5.74) is 1.23. The number of esters is 1. The fourth-order valence-electron chi connectivity index (χ4n) is 1.96. The zero-order chi connectivity index (χ0) is 13.8. The predicted octanol–water partition coefficient (Wildman–Crippen LogP) is 3.14. The molecule has 0 aliphatic heterocycles. The molecule has 0 fully saturated rings. The lowest BCUT2D eigenvalue weighted by Crippen LogP contribution is -2.10. The predicted molar refractivity (Wildman–Crippen MR) is 75.0 cm³/mol. The van der Waals surface area contributed by atoms with E-state index < -0.39 is 0 Å². The van der Waals surface area contributed by atoms with E-state index in [1.165, 1.54) is 0 Å². The van der Waals surface area contributed by atoms with Crippen molar-refractivity contribution in [3.63, 3.8) is 0 Å². The highest BCUT2D eigenvalue weighted by molar-refractivity contribution is 5.96. The summed E-state index contributed by atoms with van der Waals surface area (Å²) in [4.78, 5) is 12.0. The quantitative estimate of drug-likeness (QED) is 0.857. The Labute approximate surface area is 112 Å². The number of carbonyl (C=O) groups is 1. The number of ether oxygens (including phenoxy) is 1. The van der Waals surface area contributed by atoms with Crippen molar-refractivity contribution in [1.29, 1.82) is 0 Å². The molecule has 1 N–H and O–H groups in total. The molecule has 2 aromatic rings. The van der Waals surface area contributed by atoms with Crippen LogP contribution in [-0.2, 0) is 11.3 Å². The van der Waals surface area contributed by atoms with Gasteiger partial charge in [0.05, 0.1) is 18.8 Å². The number of aliphatic hydroxyl groups excluding tert-OH is 1. The fourth-order valence-corrected chi connectivity index (χ4v) is 1.96. The summed E-state index contributed by atoms with van der Waals surface area (Å²) < 4.78 is 5.22. The van der Waals surface area contributed by atoms with Crippen LogP contribution in [0, 0.1) is 5.92 Å². The van der Waals surface area contributed by atoms with Gasteiger partial charge in [0.25, 0.3) is 0 Å². The zero-order valence-corrected chi connectivity index (χ0v) is 11.2. The van der Waals surface area contributed by atoms with E-state index in [4.69, 9.17) is 4.74 Å². The van der Waals surface area contributed by atoms with Crippen molar-refractivity contribution >= 4 is 16.7 Å². The van der Waals surface area contributed by atoms with E-state index in [0.29, 0.717) is 18.1 Å². The van der Waals surface area contributed by atoms with Gasteiger partial charge in [0, 0.05) is 0 Å². The van der Waals surface area contributed by atoms with Crippen LogP contribution in [0.4, 0.5) is 0 Å². The smallest absolute Gasteiger partial charge is 0.338 e. The third kappa shape index (κ3) is 3.12. The van der Waals surface area contributed by atoms with Crippen LogP contribution < -0.4 is 0 Å². The normalized spacial score (nSPS) is 10.9. The largest absolute Gasteiger partial charge is 0.462 e. The topological polar surface area (TPSA) is 46.5 Å². The molecule has 3 heteroatoms. The van der Waals surface area contributed by atoms with Crippen LogP contribution in [0.15, 0.2) is 36.4 Å². The van der Waals surface area contributed by atoms with Gasteiger partial charge in [-0.1, -0.05) is 38.1 Å². The first-order valence-electron chi connectivity index (χ1n) is 6.41. The van der Waals surface area contributed by atoms with Crippen molar-refractivity contribution in [1.82, 2.24) is 0 Å². The SMILES string of the molecule is CC(C)COC(=O)c1cc(CO)c2ccccc2c1. The van der Waals surface area contributed by atoms with Gasteiger partial charge in [0.2, 0.25) is 0 Å². The highest BCUT2D eigenvalue weighted by Crippen LogP contribution is 2.22. The molecule has 0 bridgehead atoms. The maximum Gasteiger partial charge on any atom is 0.338 e. The van der Waals surface area contributed by atoms with Gasteiger partial charge in [0.1, 0.15) is 0 Å². The molecule has 0 saturated carbocycles. The fraction of sp³-hybridized carbons (Fsp3) is 0.312. The Morgan fingerprint density at radius 1 is 1.26 bits per heavy atom. The van der Waals surface area contributed by atoms with Gasteiger partial charge in [-0.3, -0.25) is 0 Å². The molecule has 0 atom stereocenters. The zero-order valence-electron chi connectivity index (χ0n) is 11.2. The molecule has 0 aliphatic carbocycles. The number of benzene rings is 2. The maximum absolute atomic E-state index is 12.0. The van der Waals surface area contributed by atoms with E-state index >= 15 is 0 Å². The van der Waals surface area contributed by atoms with Gasteiger partial charge in [-0.25, -0.2) is 4.79 Å². The van der Waals surface area contributed by atoms with E-state index in [1.807, 2.05) is 38.1 Å². The van der Waals surface area contributed by atoms with Crippen molar-refractivity contribution < 1.29 is 14.6 Å². The number of carbonyl (C=O) groups excluding carboxylic acids is 1. The standard InChI is InChI=1S/C16H18O3/c1-11(2)10-19-16(18)13-7-12-5-3-4-6-15(12)14(8-13)9-17/h3-8,11,17H,9-10H2,1-2H3. The monoisotopic (exact) mass is 258 g/mol. The molecule has 19 heavy (non-hydrogen) atoms. The van der Waals surface area contributed by atoms with Gasteiger partial charge in [-0.15, -0.1) is 0 Å². The summed E-state index contributed by atoms with van der Waals surface area (Å²) in [5.74, 6) is -0.0316. The highest BCUT2D eigenvalue weighted by atomic mass is 16.5. The van der Waals surface area contributed by atoms with E-state index in [0.717, 1.165) is 16.3 Å². The van der Waals surface area contributed by atoms with Crippen LogP contribution in [0.2, 0.25) is 0 Å². The minimum absolute atomic E-state index is 0.0915. The summed E-state index contributed by atoms with van der Waals surface area (Å²) >= 11 is 0. The van der Waals surface area contributed by atoms with Crippen molar-refractivity contribution in [3.05, 3.63) is 47.5 Å². The van der Waals surface area contributed by atoms with E-state index in [-0.39, 0.29) is 12.6 Å². The Balaban J connectivity index is 2.36. The number of fused-ring (bicyclic) bond motifs is 1. The van der Waals surface area contributed by atoms with Gasteiger partial charge in [0.15, 0.2) is 0 Å². The molecule has 0 saturated heterocycles. The number of hydrogen-bond donors (Lipinski definition) is 1. The molecule has 3 nitrogen and oxygen atoms in total. The second-order valence-electron chi connectivity index (χ2n) is 5.01.